The molecule has 1 heterocycles. The minimum Gasteiger partial charge on any atom is -0.699 e. The van der Waals surface area contributed by atoms with Crippen molar-refractivity contribution in [3.63, 3.8) is 0 Å². The second-order valence-electron chi connectivity index (χ2n) is 1.55. The number of hydrogen-bond acceptors (Lipinski definition) is 2. The van der Waals surface area contributed by atoms with Crippen molar-refractivity contribution in [3.8, 4) is 0 Å². The zero-order valence-corrected chi connectivity index (χ0v) is 12.2. The summed E-state index contributed by atoms with van der Waals surface area (Å²) in [4.78, 5) is 0. The van der Waals surface area contributed by atoms with Crippen molar-refractivity contribution in [3.05, 3.63) is 29.8 Å². The largest absolute Gasteiger partial charge is 1.00 e. The summed E-state index contributed by atoms with van der Waals surface area (Å²) < 4.78 is 0. The average molecular weight is 227 g/mol. The predicted molar refractivity (Wildman–Crippen MR) is 42.0 cm³/mol. The molecule has 0 bridgehead atoms. The average Bonchev–Trinajstić information content (AvgIpc) is 2.00. The first-order valence-corrected chi connectivity index (χ1v) is 3.33. The maximum atomic E-state index is 8.76. The summed E-state index contributed by atoms with van der Waals surface area (Å²) in [5.41, 5.74) is 7.18. The molecule has 58 valence electrons. The predicted octanol–water partition coefficient (Wildman–Crippen LogP) is -1.61. The van der Waals surface area contributed by atoms with Crippen molar-refractivity contribution in [2.75, 3.05) is 0 Å². The summed E-state index contributed by atoms with van der Waals surface area (Å²) in [6.45, 7) is 4.00. The standard InChI is InChI=1S/C5H7N2O.C2H6.Rb/c6-4-2-1-3-7-5(4)8;1-2;/h1-3,5-8H;1-2H3;/q-1;;+1. The minimum absolute atomic E-state index is 0. The van der Waals surface area contributed by atoms with Crippen molar-refractivity contribution < 1.29 is 63.3 Å². The number of aliphatic hydroxyl groups excluding tert-OH is 1. The van der Waals surface area contributed by atoms with Gasteiger partial charge in [-0.3, -0.25) is 0 Å². The van der Waals surface area contributed by atoms with Crippen LogP contribution in [0.2, 0.25) is 0 Å². The van der Waals surface area contributed by atoms with E-state index in [9.17, 15) is 0 Å². The van der Waals surface area contributed by atoms with E-state index in [4.69, 9.17) is 10.8 Å². The normalized spacial score (nSPS) is 19.9. The smallest absolute Gasteiger partial charge is 0.699 e. The van der Waals surface area contributed by atoms with Crippen LogP contribution in [0.15, 0.2) is 24.0 Å². The number of allylic oxidation sites excluding steroid dienone is 2. The van der Waals surface area contributed by atoms with Gasteiger partial charge in [0, 0.05) is 0 Å². The molecule has 3 N–H and O–H groups in total. The first kappa shape index (κ1) is 14.4. The number of aliphatic hydroxyl groups is 1. The molecule has 1 rings (SSSR count). The van der Waals surface area contributed by atoms with E-state index in [2.05, 4.69) is 5.32 Å². The van der Waals surface area contributed by atoms with Crippen LogP contribution < -0.4 is 63.5 Å². The van der Waals surface area contributed by atoms with Gasteiger partial charge in [0.05, 0.1) is 0 Å². The SMILES string of the molecule is CC.[NH-]C1=CC=CNC1O.[Rb+]. The third-order valence-electron chi connectivity index (χ3n) is 0.921. The van der Waals surface area contributed by atoms with Gasteiger partial charge in [0.2, 0.25) is 0 Å². The molecule has 1 atom stereocenters. The van der Waals surface area contributed by atoms with Crippen molar-refractivity contribution in [2.45, 2.75) is 20.1 Å². The van der Waals surface area contributed by atoms with Crippen LogP contribution in [0.25, 0.3) is 5.73 Å². The van der Waals surface area contributed by atoms with Gasteiger partial charge >= 0.3 is 58.2 Å². The van der Waals surface area contributed by atoms with Crippen LogP contribution in [0.1, 0.15) is 13.8 Å². The zero-order chi connectivity index (χ0) is 7.98. The Morgan fingerprint density at radius 1 is 1.55 bits per heavy atom. The molecule has 1 aliphatic rings. The monoisotopic (exact) mass is 226 g/mol. The Morgan fingerprint density at radius 3 is 2.36 bits per heavy atom. The number of dihydropyridines is 1. The number of hydrogen-bond donors (Lipinski definition) is 2. The molecular formula is C7H13N2ORb. The van der Waals surface area contributed by atoms with Crippen molar-refractivity contribution in [1.82, 2.24) is 5.32 Å². The van der Waals surface area contributed by atoms with E-state index in [1.54, 1.807) is 18.4 Å². The van der Waals surface area contributed by atoms with Gasteiger partial charge in [-0.25, -0.2) is 0 Å². The molecule has 0 radical (unpaired) electrons. The van der Waals surface area contributed by atoms with E-state index in [1.165, 1.54) is 0 Å². The summed E-state index contributed by atoms with van der Waals surface area (Å²) in [6, 6.07) is 0. The van der Waals surface area contributed by atoms with Gasteiger partial charge < -0.3 is 16.2 Å². The third kappa shape index (κ3) is 6.05. The first-order chi connectivity index (χ1) is 4.80. The van der Waals surface area contributed by atoms with Gasteiger partial charge in [0.25, 0.3) is 0 Å². The molecule has 0 aromatic rings. The van der Waals surface area contributed by atoms with Crippen LogP contribution in [0.3, 0.4) is 0 Å². The third-order valence-corrected chi connectivity index (χ3v) is 0.921. The van der Waals surface area contributed by atoms with Crippen LogP contribution in [0.5, 0.6) is 0 Å². The molecule has 11 heavy (non-hydrogen) atoms. The number of rotatable bonds is 0. The fourth-order valence-corrected chi connectivity index (χ4v) is 0.479. The van der Waals surface area contributed by atoms with Gasteiger partial charge in [-0.15, -0.1) is 5.70 Å². The first-order valence-electron chi connectivity index (χ1n) is 3.33. The topological polar surface area (TPSA) is 56.1 Å². The Morgan fingerprint density at radius 2 is 2.09 bits per heavy atom. The quantitative estimate of drug-likeness (QED) is 0.522. The van der Waals surface area contributed by atoms with E-state index in [0.29, 0.717) is 0 Å². The summed E-state index contributed by atoms with van der Waals surface area (Å²) in [5, 5.41) is 11.3. The molecule has 0 spiro atoms. The van der Waals surface area contributed by atoms with E-state index in [-0.39, 0.29) is 63.9 Å². The molecule has 0 saturated heterocycles. The van der Waals surface area contributed by atoms with Gasteiger partial charge in [-0.2, -0.15) is 0 Å². The van der Waals surface area contributed by atoms with Crippen LogP contribution in [-0.4, -0.2) is 11.3 Å². The summed E-state index contributed by atoms with van der Waals surface area (Å²) in [6.07, 6.45) is 4.01. The van der Waals surface area contributed by atoms with Gasteiger partial charge in [0.1, 0.15) is 6.23 Å². The van der Waals surface area contributed by atoms with Crippen molar-refractivity contribution in [1.29, 1.82) is 0 Å². The molecule has 1 aliphatic heterocycles. The molecule has 0 amide bonds. The molecule has 0 saturated carbocycles. The molecule has 0 aromatic heterocycles. The molecule has 4 heteroatoms. The Kier molecular flexibility index (Phi) is 11.7. The van der Waals surface area contributed by atoms with Crippen molar-refractivity contribution in [2.24, 2.45) is 0 Å². The van der Waals surface area contributed by atoms with Crippen LogP contribution in [0.4, 0.5) is 0 Å². The fourth-order valence-electron chi connectivity index (χ4n) is 0.479. The maximum Gasteiger partial charge on any atom is 1.00 e. The molecule has 1 unspecified atom stereocenters. The Hall–Kier alpha value is 0.845. The second kappa shape index (κ2) is 8.94. The maximum absolute atomic E-state index is 8.76. The number of nitrogens with one attached hydrogen (secondary N) is 2. The summed E-state index contributed by atoms with van der Waals surface area (Å²) >= 11 is 0. The van der Waals surface area contributed by atoms with Gasteiger partial charge in [-0.05, 0) is 12.3 Å². The summed E-state index contributed by atoms with van der Waals surface area (Å²) in [5.74, 6) is 0. The van der Waals surface area contributed by atoms with Gasteiger partial charge in [0.15, 0.2) is 0 Å². The Labute approximate surface area is 117 Å². The van der Waals surface area contributed by atoms with E-state index < -0.39 is 6.23 Å². The molecule has 3 nitrogen and oxygen atoms in total. The van der Waals surface area contributed by atoms with E-state index in [0.717, 1.165) is 0 Å². The minimum atomic E-state index is -0.806. The molecule has 0 aromatic carbocycles. The fraction of sp³-hybridized carbons (Fsp3) is 0.429. The van der Waals surface area contributed by atoms with Gasteiger partial charge in [-0.1, -0.05) is 19.9 Å². The molecule has 0 fully saturated rings. The Bertz CT molecular complexity index is 145. The Balaban J connectivity index is 0. The second-order valence-corrected chi connectivity index (χ2v) is 1.55. The van der Waals surface area contributed by atoms with Crippen LogP contribution >= 0.6 is 0 Å². The van der Waals surface area contributed by atoms with E-state index in [1.807, 2.05) is 13.8 Å². The molecule has 0 aliphatic carbocycles. The van der Waals surface area contributed by atoms with Crippen LogP contribution in [0, 0.1) is 0 Å². The molecular weight excluding hydrogens is 214 g/mol. The zero-order valence-electron chi connectivity index (χ0n) is 7.26. The van der Waals surface area contributed by atoms with Crippen molar-refractivity contribution >= 4 is 0 Å². The van der Waals surface area contributed by atoms with Crippen LogP contribution in [-0.2, 0) is 0 Å². The van der Waals surface area contributed by atoms with E-state index >= 15 is 0 Å². The summed E-state index contributed by atoms with van der Waals surface area (Å²) in [7, 11) is 0.